The summed E-state index contributed by atoms with van der Waals surface area (Å²) in [6.07, 6.45) is 0. The van der Waals surface area contributed by atoms with Crippen LogP contribution in [0.4, 0.5) is 5.82 Å². The van der Waals surface area contributed by atoms with Gasteiger partial charge in [-0.2, -0.15) is 5.10 Å². The summed E-state index contributed by atoms with van der Waals surface area (Å²) < 4.78 is 27.5. The maximum Gasteiger partial charge on any atom is 0.272 e. The van der Waals surface area contributed by atoms with Crippen LogP contribution in [0.2, 0.25) is 0 Å². The van der Waals surface area contributed by atoms with Crippen molar-refractivity contribution in [2.75, 3.05) is 4.72 Å². The van der Waals surface area contributed by atoms with Crippen LogP contribution in [0.5, 0.6) is 0 Å². The van der Waals surface area contributed by atoms with E-state index in [2.05, 4.69) is 30.8 Å². The number of hydrogen-bond acceptors (Lipinski definition) is 4. The number of nitrogens with one attached hydrogen (secondary N) is 2. The van der Waals surface area contributed by atoms with Crippen molar-refractivity contribution in [1.82, 2.24) is 10.2 Å². The summed E-state index contributed by atoms with van der Waals surface area (Å²) in [4.78, 5) is 0. The lowest BCUT2D eigenvalue weighted by molar-refractivity contribution is 0.603. The van der Waals surface area contributed by atoms with Gasteiger partial charge in [0.1, 0.15) is 4.21 Å². The molecule has 2 N–H and O–H groups in total. The molecule has 0 aliphatic carbocycles. The fourth-order valence-electron chi connectivity index (χ4n) is 1.20. The third kappa shape index (κ3) is 2.53. The number of nitrogens with zero attached hydrogens (tertiary/aromatic N) is 1. The van der Waals surface area contributed by atoms with Gasteiger partial charge in [-0.25, -0.2) is 8.42 Å². The molecule has 0 spiro atoms. The Morgan fingerprint density at radius 2 is 2.12 bits per heavy atom. The van der Waals surface area contributed by atoms with E-state index in [-0.39, 0.29) is 4.21 Å². The van der Waals surface area contributed by atoms with Gasteiger partial charge in [0.05, 0.1) is 3.79 Å². The first-order chi connectivity index (χ1) is 7.90. The zero-order valence-corrected chi connectivity index (χ0v) is 12.3. The van der Waals surface area contributed by atoms with E-state index in [4.69, 9.17) is 0 Å². The van der Waals surface area contributed by atoms with E-state index in [9.17, 15) is 8.42 Å². The molecule has 2 aromatic heterocycles. The van der Waals surface area contributed by atoms with E-state index in [0.717, 1.165) is 26.4 Å². The summed E-state index contributed by atoms with van der Waals surface area (Å²) in [5.74, 6) is 0.340. The van der Waals surface area contributed by atoms with Crippen molar-refractivity contribution in [1.29, 1.82) is 0 Å². The monoisotopic (exact) mass is 335 g/mol. The molecule has 92 valence electrons. The van der Waals surface area contributed by atoms with E-state index >= 15 is 0 Å². The maximum absolute atomic E-state index is 12.0. The second-order valence-corrected chi connectivity index (χ2v) is 7.86. The predicted octanol–water partition coefficient (Wildman–Crippen LogP) is 2.65. The molecule has 0 unspecified atom stereocenters. The van der Waals surface area contributed by atoms with E-state index in [1.165, 1.54) is 0 Å². The molecular formula is C9H10BrN3O2S2. The molecule has 5 nitrogen and oxygen atoms in total. The predicted molar refractivity (Wildman–Crippen MR) is 70.9 cm³/mol. The lowest BCUT2D eigenvalue weighted by atomic mass is 10.3. The molecule has 2 rings (SSSR count). The summed E-state index contributed by atoms with van der Waals surface area (Å²) >= 11 is 4.39. The number of anilines is 1. The van der Waals surface area contributed by atoms with E-state index < -0.39 is 10.0 Å². The standard InChI is InChI=1S/C9H10BrN3O2S2/c1-5-6(2)11-12-9(5)13-17(14,15)8-4-3-7(10)16-8/h3-4H,1-2H3,(H2,11,12,13). The number of rotatable bonds is 3. The number of H-pyrrole nitrogens is 1. The highest BCUT2D eigenvalue weighted by atomic mass is 79.9. The first-order valence-corrected chi connectivity index (χ1v) is 7.79. The number of aromatic nitrogens is 2. The first kappa shape index (κ1) is 12.6. The molecule has 8 heteroatoms. The van der Waals surface area contributed by atoms with Crippen LogP contribution in [-0.4, -0.2) is 18.6 Å². The topological polar surface area (TPSA) is 74.8 Å². The highest BCUT2D eigenvalue weighted by molar-refractivity contribution is 9.11. The van der Waals surface area contributed by atoms with Gasteiger partial charge in [-0.15, -0.1) is 11.3 Å². The molecular weight excluding hydrogens is 326 g/mol. The van der Waals surface area contributed by atoms with Gasteiger partial charge in [-0.1, -0.05) is 0 Å². The molecule has 2 heterocycles. The smallest absolute Gasteiger partial charge is 0.272 e. The van der Waals surface area contributed by atoms with Crippen molar-refractivity contribution in [2.45, 2.75) is 18.1 Å². The van der Waals surface area contributed by atoms with Crippen LogP contribution in [0.3, 0.4) is 0 Å². The number of hydrogen-bond donors (Lipinski definition) is 2. The summed E-state index contributed by atoms with van der Waals surface area (Å²) in [6.45, 7) is 3.64. The molecule has 0 bridgehead atoms. The van der Waals surface area contributed by atoms with Crippen molar-refractivity contribution in [3.63, 3.8) is 0 Å². The molecule has 0 saturated carbocycles. The summed E-state index contributed by atoms with van der Waals surface area (Å²) in [5.41, 5.74) is 1.64. The number of thiophene rings is 1. The fourth-order valence-corrected chi connectivity index (χ4v) is 4.28. The Labute approximate surface area is 111 Å². The number of aryl methyl sites for hydroxylation is 1. The van der Waals surface area contributed by atoms with Gasteiger partial charge in [0, 0.05) is 11.3 Å². The molecule has 0 amide bonds. The van der Waals surface area contributed by atoms with Crippen LogP contribution in [0, 0.1) is 13.8 Å². The van der Waals surface area contributed by atoms with Crippen LogP contribution in [0.25, 0.3) is 0 Å². The quantitative estimate of drug-likeness (QED) is 0.905. The summed E-state index contributed by atoms with van der Waals surface area (Å²) in [7, 11) is -3.55. The van der Waals surface area contributed by atoms with Gasteiger partial charge in [-0.3, -0.25) is 9.82 Å². The molecule has 17 heavy (non-hydrogen) atoms. The van der Waals surface area contributed by atoms with E-state index in [1.54, 1.807) is 19.1 Å². The molecule has 0 aliphatic rings. The van der Waals surface area contributed by atoms with Gasteiger partial charge in [0.15, 0.2) is 5.82 Å². The molecule has 0 atom stereocenters. The Morgan fingerprint density at radius 3 is 2.59 bits per heavy atom. The third-order valence-corrected chi connectivity index (χ3v) is 5.75. The minimum atomic E-state index is -3.55. The Balaban J connectivity index is 2.33. The summed E-state index contributed by atoms with van der Waals surface area (Å²) in [5, 5.41) is 6.64. The minimum Gasteiger partial charge on any atom is -0.280 e. The Kier molecular flexibility index (Phi) is 3.28. The average molecular weight is 336 g/mol. The lowest BCUT2D eigenvalue weighted by Crippen LogP contribution is -2.12. The highest BCUT2D eigenvalue weighted by Crippen LogP contribution is 2.28. The molecule has 0 aliphatic heterocycles. The van der Waals surface area contributed by atoms with Crippen molar-refractivity contribution >= 4 is 43.1 Å². The molecule has 0 saturated heterocycles. The van der Waals surface area contributed by atoms with Gasteiger partial charge in [0.2, 0.25) is 0 Å². The fraction of sp³-hybridized carbons (Fsp3) is 0.222. The second-order valence-electron chi connectivity index (χ2n) is 3.49. The minimum absolute atomic E-state index is 0.254. The Morgan fingerprint density at radius 1 is 1.41 bits per heavy atom. The SMILES string of the molecule is Cc1[nH]nc(NS(=O)(=O)c2ccc(Br)s2)c1C. The largest absolute Gasteiger partial charge is 0.280 e. The van der Waals surface area contributed by atoms with Crippen molar-refractivity contribution in [3.05, 3.63) is 27.2 Å². The van der Waals surface area contributed by atoms with Gasteiger partial charge in [0.25, 0.3) is 10.0 Å². The Hall–Kier alpha value is -0.860. The number of aromatic amines is 1. The molecule has 0 aromatic carbocycles. The molecule has 0 fully saturated rings. The van der Waals surface area contributed by atoms with Gasteiger partial charge >= 0.3 is 0 Å². The maximum atomic E-state index is 12.0. The lowest BCUT2D eigenvalue weighted by Gasteiger charge is -2.03. The normalized spacial score (nSPS) is 11.7. The average Bonchev–Trinajstić information content (AvgIpc) is 2.80. The van der Waals surface area contributed by atoms with Crippen LogP contribution in [0.15, 0.2) is 20.1 Å². The van der Waals surface area contributed by atoms with Gasteiger partial charge in [-0.05, 0) is 41.9 Å². The van der Waals surface area contributed by atoms with E-state index in [1.807, 2.05) is 6.92 Å². The third-order valence-electron chi connectivity index (χ3n) is 2.30. The molecule has 0 radical (unpaired) electrons. The van der Waals surface area contributed by atoms with Crippen LogP contribution in [-0.2, 0) is 10.0 Å². The van der Waals surface area contributed by atoms with Crippen LogP contribution in [0.1, 0.15) is 11.3 Å². The zero-order valence-electron chi connectivity index (χ0n) is 9.11. The van der Waals surface area contributed by atoms with Crippen molar-refractivity contribution in [3.8, 4) is 0 Å². The Bertz CT molecular complexity index is 645. The van der Waals surface area contributed by atoms with Crippen molar-refractivity contribution < 1.29 is 8.42 Å². The van der Waals surface area contributed by atoms with Crippen LogP contribution < -0.4 is 4.72 Å². The van der Waals surface area contributed by atoms with Gasteiger partial charge < -0.3 is 0 Å². The zero-order chi connectivity index (χ0) is 12.6. The summed E-state index contributed by atoms with van der Waals surface area (Å²) in [6, 6.07) is 3.24. The van der Waals surface area contributed by atoms with Crippen molar-refractivity contribution in [2.24, 2.45) is 0 Å². The number of halogens is 1. The number of sulfonamides is 1. The molecule has 2 aromatic rings. The highest BCUT2D eigenvalue weighted by Gasteiger charge is 2.19. The van der Waals surface area contributed by atoms with E-state index in [0.29, 0.717) is 5.82 Å². The second kappa shape index (κ2) is 4.43. The first-order valence-electron chi connectivity index (χ1n) is 4.70. The van der Waals surface area contributed by atoms with Crippen LogP contribution >= 0.6 is 27.3 Å².